The van der Waals surface area contributed by atoms with Crippen molar-refractivity contribution in [2.45, 2.75) is 18.9 Å². The number of benzene rings is 3. The molecule has 0 bridgehead atoms. The molecule has 0 saturated heterocycles. The molecule has 4 rings (SSSR count). The summed E-state index contributed by atoms with van der Waals surface area (Å²) in [7, 11) is 1.31. The third-order valence-electron chi connectivity index (χ3n) is 5.10. The Bertz CT molecular complexity index is 1190. The van der Waals surface area contributed by atoms with Crippen molar-refractivity contribution in [3.05, 3.63) is 96.3 Å². The van der Waals surface area contributed by atoms with Gasteiger partial charge in [-0.15, -0.1) is 0 Å². The fraction of sp³-hybridized carbons (Fsp3) is 0.160. The maximum Gasteiger partial charge on any atom is 0.333 e. The summed E-state index contributed by atoms with van der Waals surface area (Å²) in [6.07, 6.45) is 0.620. The standard InChI is InChI=1S/C25H23N3O3/c1-31-25(30)24(18-10-4-2-5-11-18)27-23(29)17-16-22-26-20-14-8-9-15-21(20)28(22)19-12-6-3-7-13-19/h2-15,24H,16-17H2,1H3,(H,27,29). The highest BCUT2D eigenvalue weighted by atomic mass is 16.5. The van der Waals surface area contributed by atoms with E-state index in [1.54, 1.807) is 12.1 Å². The quantitative estimate of drug-likeness (QED) is 0.465. The molecule has 1 amide bonds. The Hall–Kier alpha value is -3.93. The molecule has 156 valence electrons. The predicted octanol–water partition coefficient (Wildman–Crippen LogP) is 3.99. The molecule has 31 heavy (non-hydrogen) atoms. The van der Waals surface area contributed by atoms with Crippen LogP contribution in [-0.2, 0) is 20.7 Å². The Balaban J connectivity index is 1.55. The van der Waals surface area contributed by atoms with Gasteiger partial charge >= 0.3 is 5.97 Å². The van der Waals surface area contributed by atoms with Gasteiger partial charge in [0.1, 0.15) is 5.82 Å². The van der Waals surface area contributed by atoms with Crippen molar-refractivity contribution in [3.63, 3.8) is 0 Å². The van der Waals surface area contributed by atoms with Crippen molar-refractivity contribution < 1.29 is 14.3 Å². The Labute approximate surface area is 180 Å². The topological polar surface area (TPSA) is 73.2 Å². The van der Waals surface area contributed by atoms with Crippen LogP contribution in [0.1, 0.15) is 23.9 Å². The minimum atomic E-state index is -0.841. The molecule has 0 saturated carbocycles. The van der Waals surface area contributed by atoms with E-state index < -0.39 is 12.0 Å². The number of esters is 1. The molecular formula is C25H23N3O3. The summed E-state index contributed by atoms with van der Waals surface area (Å²) in [4.78, 5) is 29.7. The second-order valence-electron chi connectivity index (χ2n) is 7.12. The first-order chi connectivity index (χ1) is 15.2. The van der Waals surface area contributed by atoms with Crippen molar-refractivity contribution in [1.82, 2.24) is 14.9 Å². The Kier molecular flexibility index (Phi) is 6.08. The molecule has 1 heterocycles. The molecule has 3 aromatic carbocycles. The van der Waals surface area contributed by atoms with Gasteiger partial charge in [-0.1, -0.05) is 60.7 Å². The van der Waals surface area contributed by atoms with E-state index in [0.29, 0.717) is 12.0 Å². The van der Waals surface area contributed by atoms with Crippen LogP contribution in [0.2, 0.25) is 0 Å². The molecule has 0 radical (unpaired) electrons. The number of methoxy groups -OCH3 is 1. The molecule has 0 aliphatic heterocycles. The van der Waals surface area contributed by atoms with Gasteiger partial charge in [-0.05, 0) is 29.8 Å². The normalized spacial score (nSPS) is 11.8. The van der Waals surface area contributed by atoms with Gasteiger partial charge in [-0.2, -0.15) is 0 Å². The van der Waals surface area contributed by atoms with E-state index in [2.05, 4.69) is 9.88 Å². The van der Waals surface area contributed by atoms with Gasteiger partial charge in [0.15, 0.2) is 6.04 Å². The van der Waals surface area contributed by atoms with Gasteiger partial charge in [-0.3, -0.25) is 9.36 Å². The lowest BCUT2D eigenvalue weighted by molar-refractivity contribution is -0.145. The van der Waals surface area contributed by atoms with Gasteiger partial charge in [-0.25, -0.2) is 9.78 Å². The second kappa shape index (κ2) is 9.26. The zero-order chi connectivity index (χ0) is 21.6. The lowest BCUT2D eigenvalue weighted by Gasteiger charge is -2.17. The smallest absolute Gasteiger partial charge is 0.333 e. The predicted molar refractivity (Wildman–Crippen MR) is 119 cm³/mol. The van der Waals surface area contributed by atoms with Crippen molar-refractivity contribution in [2.75, 3.05) is 7.11 Å². The van der Waals surface area contributed by atoms with Crippen molar-refractivity contribution in [1.29, 1.82) is 0 Å². The first-order valence-corrected chi connectivity index (χ1v) is 10.1. The number of hydrogen-bond donors (Lipinski definition) is 1. The molecule has 1 aromatic heterocycles. The average molecular weight is 413 g/mol. The maximum absolute atomic E-state index is 12.7. The number of nitrogens with zero attached hydrogens (tertiary/aromatic N) is 2. The van der Waals surface area contributed by atoms with Crippen LogP contribution in [-0.4, -0.2) is 28.5 Å². The first-order valence-electron chi connectivity index (χ1n) is 10.1. The van der Waals surface area contributed by atoms with Crippen LogP contribution >= 0.6 is 0 Å². The Morgan fingerprint density at radius 1 is 0.935 bits per heavy atom. The highest BCUT2D eigenvalue weighted by Gasteiger charge is 2.23. The molecule has 6 nitrogen and oxygen atoms in total. The summed E-state index contributed by atoms with van der Waals surface area (Å²) in [6.45, 7) is 0. The molecular weight excluding hydrogens is 390 g/mol. The van der Waals surface area contributed by atoms with Crippen LogP contribution in [0, 0.1) is 0 Å². The Morgan fingerprint density at radius 3 is 2.29 bits per heavy atom. The summed E-state index contributed by atoms with van der Waals surface area (Å²) in [5, 5.41) is 2.80. The fourth-order valence-corrected chi connectivity index (χ4v) is 3.61. The van der Waals surface area contributed by atoms with Crippen LogP contribution in [0.15, 0.2) is 84.9 Å². The summed E-state index contributed by atoms with van der Waals surface area (Å²) >= 11 is 0. The largest absolute Gasteiger partial charge is 0.467 e. The number of para-hydroxylation sites is 3. The minimum Gasteiger partial charge on any atom is -0.467 e. The number of fused-ring (bicyclic) bond motifs is 1. The summed E-state index contributed by atoms with van der Waals surface area (Å²) < 4.78 is 6.94. The molecule has 0 aliphatic carbocycles. The molecule has 1 atom stereocenters. The summed E-state index contributed by atoms with van der Waals surface area (Å²) in [5.41, 5.74) is 3.53. The lowest BCUT2D eigenvalue weighted by Crippen LogP contribution is -2.34. The van der Waals surface area contributed by atoms with E-state index in [0.717, 1.165) is 22.5 Å². The number of hydrogen-bond acceptors (Lipinski definition) is 4. The minimum absolute atomic E-state index is 0.191. The second-order valence-corrected chi connectivity index (χ2v) is 7.12. The third kappa shape index (κ3) is 4.48. The molecule has 1 unspecified atom stereocenters. The highest BCUT2D eigenvalue weighted by molar-refractivity contribution is 5.85. The molecule has 0 aliphatic rings. The van der Waals surface area contributed by atoms with Crippen LogP contribution < -0.4 is 5.32 Å². The van der Waals surface area contributed by atoms with Gasteiger partial charge < -0.3 is 10.1 Å². The molecule has 6 heteroatoms. The number of imidazole rings is 1. The zero-order valence-corrected chi connectivity index (χ0v) is 17.2. The van der Waals surface area contributed by atoms with E-state index >= 15 is 0 Å². The van der Waals surface area contributed by atoms with Gasteiger partial charge in [0, 0.05) is 18.5 Å². The molecule has 4 aromatic rings. The molecule has 0 spiro atoms. The number of ether oxygens (including phenoxy) is 1. The van der Waals surface area contributed by atoms with Crippen LogP contribution in [0.4, 0.5) is 0 Å². The molecule has 1 N–H and O–H groups in total. The number of amides is 1. The van der Waals surface area contributed by atoms with E-state index in [9.17, 15) is 9.59 Å². The average Bonchev–Trinajstić information content (AvgIpc) is 3.20. The number of nitrogens with one attached hydrogen (secondary N) is 1. The summed E-state index contributed by atoms with van der Waals surface area (Å²) in [5.74, 6) is 0.0406. The Morgan fingerprint density at radius 2 is 1.58 bits per heavy atom. The van der Waals surface area contributed by atoms with Crippen LogP contribution in [0.3, 0.4) is 0 Å². The van der Waals surface area contributed by atoms with E-state index in [1.165, 1.54) is 7.11 Å². The lowest BCUT2D eigenvalue weighted by atomic mass is 10.1. The van der Waals surface area contributed by atoms with Crippen LogP contribution in [0.5, 0.6) is 0 Å². The van der Waals surface area contributed by atoms with Crippen molar-refractivity contribution in [2.24, 2.45) is 0 Å². The van der Waals surface area contributed by atoms with Crippen molar-refractivity contribution in [3.8, 4) is 5.69 Å². The van der Waals surface area contributed by atoms with E-state index in [4.69, 9.17) is 9.72 Å². The fourth-order valence-electron chi connectivity index (χ4n) is 3.61. The highest BCUT2D eigenvalue weighted by Crippen LogP contribution is 2.22. The maximum atomic E-state index is 12.7. The van der Waals surface area contributed by atoms with E-state index in [-0.39, 0.29) is 12.3 Å². The van der Waals surface area contributed by atoms with E-state index in [1.807, 2.05) is 72.8 Å². The monoisotopic (exact) mass is 413 g/mol. The number of aryl methyl sites for hydroxylation is 1. The number of aromatic nitrogens is 2. The van der Waals surface area contributed by atoms with Gasteiger partial charge in [0.25, 0.3) is 0 Å². The number of rotatable bonds is 7. The zero-order valence-electron chi connectivity index (χ0n) is 17.2. The summed E-state index contributed by atoms with van der Waals surface area (Å²) in [6, 6.07) is 26.1. The third-order valence-corrected chi connectivity index (χ3v) is 5.10. The number of carbonyl (C=O) groups excluding carboxylic acids is 2. The van der Waals surface area contributed by atoms with Gasteiger partial charge in [0.2, 0.25) is 5.91 Å². The first kappa shape index (κ1) is 20.3. The van der Waals surface area contributed by atoms with Crippen LogP contribution in [0.25, 0.3) is 16.7 Å². The van der Waals surface area contributed by atoms with Crippen molar-refractivity contribution >= 4 is 22.9 Å². The SMILES string of the molecule is COC(=O)C(NC(=O)CCc1nc2ccccc2n1-c1ccccc1)c1ccccc1. The number of carbonyl (C=O) groups is 2. The molecule has 0 fully saturated rings. The van der Waals surface area contributed by atoms with Gasteiger partial charge in [0.05, 0.1) is 18.1 Å².